The number of hydrogen-bond acceptors (Lipinski definition) is 7. The maximum atomic E-state index is 12.3. The fourth-order valence-electron chi connectivity index (χ4n) is 3.45. The minimum atomic E-state index is -0.837. The van der Waals surface area contributed by atoms with Crippen molar-refractivity contribution >= 4 is 35.3 Å². The van der Waals surface area contributed by atoms with Crippen LogP contribution in [0.25, 0.3) is 0 Å². The first-order valence-corrected chi connectivity index (χ1v) is 9.63. The van der Waals surface area contributed by atoms with Crippen molar-refractivity contribution in [2.45, 2.75) is 19.8 Å². The molecule has 1 aliphatic heterocycles. The van der Waals surface area contributed by atoms with Crippen LogP contribution in [0.15, 0.2) is 36.4 Å². The molecule has 0 aromatic heterocycles. The molecule has 0 unspecified atom stereocenters. The lowest BCUT2D eigenvalue weighted by molar-refractivity contribution is -0.154. The molecule has 9 nitrogen and oxygen atoms in total. The Labute approximate surface area is 173 Å². The highest BCUT2D eigenvalue weighted by atomic mass is 16.5. The zero-order chi connectivity index (χ0) is 21.7. The van der Waals surface area contributed by atoms with Crippen molar-refractivity contribution in [1.29, 1.82) is 0 Å². The molecule has 0 saturated carbocycles. The molecular weight excluding hydrogens is 392 g/mol. The molecule has 1 aromatic rings. The Kier molecular flexibility index (Phi) is 6.61. The maximum Gasteiger partial charge on any atom is 0.338 e. The summed E-state index contributed by atoms with van der Waals surface area (Å²) < 4.78 is 9.77. The number of esters is 2. The van der Waals surface area contributed by atoms with E-state index in [0.29, 0.717) is 24.1 Å². The lowest BCUT2D eigenvalue weighted by Crippen LogP contribution is -2.37. The molecule has 30 heavy (non-hydrogen) atoms. The van der Waals surface area contributed by atoms with Gasteiger partial charge in [-0.25, -0.2) is 4.79 Å². The van der Waals surface area contributed by atoms with E-state index in [1.807, 2.05) is 12.2 Å². The SMILES string of the molecule is CCOC(=O)c1ccc(NC(=O)COC(=O)CN2C(=O)[C@H]3CC=CC[C@@H]3C2=O)cc1. The average Bonchev–Trinajstić information content (AvgIpc) is 2.98. The number of ether oxygens (including phenoxy) is 2. The summed E-state index contributed by atoms with van der Waals surface area (Å²) in [6, 6.07) is 6.03. The first-order chi connectivity index (χ1) is 14.4. The summed E-state index contributed by atoms with van der Waals surface area (Å²) in [6.07, 6.45) is 4.69. The van der Waals surface area contributed by atoms with E-state index in [1.165, 1.54) is 24.3 Å². The predicted octanol–water partition coefficient (Wildman–Crippen LogP) is 1.30. The number of allylic oxidation sites excluding steroid dienone is 2. The highest BCUT2D eigenvalue weighted by Gasteiger charge is 2.47. The second-order valence-electron chi connectivity index (χ2n) is 6.93. The van der Waals surface area contributed by atoms with Crippen molar-refractivity contribution in [2.24, 2.45) is 11.8 Å². The zero-order valence-corrected chi connectivity index (χ0v) is 16.5. The molecule has 158 valence electrons. The van der Waals surface area contributed by atoms with Gasteiger partial charge in [-0.3, -0.25) is 24.1 Å². The summed E-state index contributed by atoms with van der Waals surface area (Å²) in [5.74, 6) is -3.49. The van der Waals surface area contributed by atoms with Crippen LogP contribution in [0.2, 0.25) is 0 Å². The number of hydrogen-bond donors (Lipinski definition) is 1. The summed E-state index contributed by atoms with van der Waals surface area (Å²) >= 11 is 0. The minimum absolute atomic E-state index is 0.259. The summed E-state index contributed by atoms with van der Waals surface area (Å²) in [5.41, 5.74) is 0.752. The molecule has 0 spiro atoms. The number of likely N-dealkylation sites (tertiary alicyclic amines) is 1. The largest absolute Gasteiger partial charge is 0.462 e. The van der Waals surface area contributed by atoms with Crippen molar-refractivity contribution in [3.05, 3.63) is 42.0 Å². The number of fused-ring (bicyclic) bond motifs is 1. The van der Waals surface area contributed by atoms with Crippen LogP contribution in [0.4, 0.5) is 5.69 Å². The smallest absolute Gasteiger partial charge is 0.338 e. The molecule has 2 aliphatic rings. The summed E-state index contributed by atoms with van der Waals surface area (Å²) in [4.78, 5) is 61.2. The normalized spacial score (nSPS) is 20.0. The van der Waals surface area contributed by atoms with Crippen molar-refractivity contribution in [2.75, 3.05) is 25.1 Å². The van der Waals surface area contributed by atoms with Crippen molar-refractivity contribution in [3.8, 4) is 0 Å². The summed E-state index contributed by atoms with van der Waals surface area (Å²) in [7, 11) is 0. The first kappa shape index (κ1) is 21.2. The van der Waals surface area contributed by atoms with Crippen LogP contribution in [-0.2, 0) is 28.7 Å². The molecule has 1 aromatic carbocycles. The highest BCUT2D eigenvalue weighted by molar-refractivity contribution is 6.07. The first-order valence-electron chi connectivity index (χ1n) is 9.63. The van der Waals surface area contributed by atoms with Gasteiger partial charge >= 0.3 is 11.9 Å². The van der Waals surface area contributed by atoms with E-state index in [-0.39, 0.29) is 18.4 Å². The topological polar surface area (TPSA) is 119 Å². The number of carbonyl (C=O) groups is 5. The molecule has 0 bridgehead atoms. The van der Waals surface area contributed by atoms with Gasteiger partial charge in [0.2, 0.25) is 11.8 Å². The number of benzene rings is 1. The Bertz CT molecular complexity index is 865. The predicted molar refractivity (Wildman–Crippen MR) is 104 cm³/mol. The van der Waals surface area contributed by atoms with Crippen LogP contribution < -0.4 is 5.32 Å². The third-order valence-corrected chi connectivity index (χ3v) is 4.93. The Morgan fingerprint density at radius 2 is 1.60 bits per heavy atom. The van der Waals surface area contributed by atoms with Crippen molar-refractivity contribution in [1.82, 2.24) is 4.90 Å². The average molecular weight is 414 g/mol. The second-order valence-corrected chi connectivity index (χ2v) is 6.93. The van der Waals surface area contributed by atoms with Gasteiger partial charge in [0.05, 0.1) is 24.0 Å². The van der Waals surface area contributed by atoms with E-state index < -0.39 is 42.8 Å². The molecule has 1 saturated heterocycles. The zero-order valence-electron chi connectivity index (χ0n) is 16.5. The maximum absolute atomic E-state index is 12.3. The van der Waals surface area contributed by atoms with Crippen molar-refractivity contribution < 1.29 is 33.4 Å². The lowest BCUT2D eigenvalue weighted by Gasteiger charge is -2.14. The number of anilines is 1. The van der Waals surface area contributed by atoms with Gasteiger partial charge < -0.3 is 14.8 Å². The van der Waals surface area contributed by atoms with Gasteiger partial charge in [-0.1, -0.05) is 12.2 Å². The van der Waals surface area contributed by atoms with E-state index in [9.17, 15) is 24.0 Å². The lowest BCUT2D eigenvalue weighted by atomic mass is 9.85. The molecule has 3 rings (SSSR count). The van der Waals surface area contributed by atoms with Gasteiger partial charge in [-0.05, 0) is 44.0 Å². The number of amides is 3. The summed E-state index contributed by atoms with van der Waals surface area (Å²) in [5, 5.41) is 2.52. The summed E-state index contributed by atoms with van der Waals surface area (Å²) in [6.45, 7) is 0.887. The van der Waals surface area contributed by atoms with E-state index in [1.54, 1.807) is 6.92 Å². The van der Waals surface area contributed by atoms with E-state index >= 15 is 0 Å². The van der Waals surface area contributed by atoms with Gasteiger partial charge in [0.25, 0.3) is 5.91 Å². The molecular formula is C21H22N2O7. The fourth-order valence-corrected chi connectivity index (χ4v) is 3.45. The molecule has 1 fully saturated rings. The fraction of sp³-hybridized carbons (Fsp3) is 0.381. The highest BCUT2D eigenvalue weighted by Crippen LogP contribution is 2.34. The number of imide groups is 1. The van der Waals surface area contributed by atoms with Gasteiger partial charge in [0, 0.05) is 5.69 Å². The molecule has 1 aliphatic carbocycles. The van der Waals surface area contributed by atoms with Crippen LogP contribution in [0.5, 0.6) is 0 Å². The van der Waals surface area contributed by atoms with Crippen LogP contribution in [0.1, 0.15) is 30.1 Å². The van der Waals surface area contributed by atoms with Gasteiger partial charge in [0.1, 0.15) is 6.54 Å². The number of rotatable bonds is 7. The van der Waals surface area contributed by atoms with Gasteiger partial charge in [-0.15, -0.1) is 0 Å². The third-order valence-electron chi connectivity index (χ3n) is 4.93. The molecule has 1 N–H and O–H groups in total. The number of carbonyl (C=O) groups excluding carboxylic acids is 5. The van der Waals surface area contributed by atoms with Crippen LogP contribution >= 0.6 is 0 Å². The van der Waals surface area contributed by atoms with Crippen LogP contribution in [0.3, 0.4) is 0 Å². The third kappa shape index (κ3) is 4.73. The molecule has 0 radical (unpaired) electrons. The van der Waals surface area contributed by atoms with E-state index in [2.05, 4.69) is 5.32 Å². The number of nitrogens with one attached hydrogen (secondary N) is 1. The van der Waals surface area contributed by atoms with E-state index in [0.717, 1.165) is 4.90 Å². The molecule has 1 heterocycles. The molecule has 3 amide bonds. The monoisotopic (exact) mass is 414 g/mol. The quantitative estimate of drug-likeness (QED) is 0.406. The Hall–Kier alpha value is -3.49. The van der Waals surface area contributed by atoms with Crippen LogP contribution in [-0.4, -0.2) is 54.3 Å². The second kappa shape index (κ2) is 9.34. The molecule has 2 atom stereocenters. The Morgan fingerprint density at radius 3 is 2.17 bits per heavy atom. The van der Waals surface area contributed by atoms with Gasteiger partial charge in [-0.2, -0.15) is 0 Å². The Balaban J connectivity index is 1.46. The van der Waals surface area contributed by atoms with Crippen LogP contribution in [0, 0.1) is 11.8 Å². The standard InChI is InChI=1S/C21H22N2O7/c1-2-29-21(28)13-7-9-14(10-8-13)22-17(24)12-30-18(25)11-23-19(26)15-5-3-4-6-16(15)20(23)27/h3-4,7-10,15-16H,2,5-6,11-12H2,1H3,(H,22,24)/t15-,16-/m0/s1. The minimum Gasteiger partial charge on any atom is -0.462 e. The van der Waals surface area contributed by atoms with E-state index in [4.69, 9.17) is 9.47 Å². The number of nitrogens with zero attached hydrogens (tertiary/aromatic N) is 1. The molecule has 9 heteroatoms. The van der Waals surface area contributed by atoms with Gasteiger partial charge in [0.15, 0.2) is 6.61 Å². The Morgan fingerprint density at radius 1 is 1.00 bits per heavy atom. The van der Waals surface area contributed by atoms with Crippen molar-refractivity contribution in [3.63, 3.8) is 0 Å².